The van der Waals surface area contributed by atoms with Crippen molar-refractivity contribution >= 4 is 0 Å². The zero-order valence-electron chi connectivity index (χ0n) is 8.23. The highest BCUT2D eigenvalue weighted by molar-refractivity contribution is 5.37. The van der Waals surface area contributed by atoms with Gasteiger partial charge in [0.15, 0.2) is 0 Å². The van der Waals surface area contributed by atoms with E-state index < -0.39 is 5.54 Å². The van der Waals surface area contributed by atoms with Gasteiger partial charge >= 0.3 is 0 Å². The third-order valence-corrected chi connectivity index (χ3v) is 2.70. The van der Waals surface area contributed by atoms with Crippen molar-refractivity contribution in [1.82, 2.24) is 0 Å². The molecule has 1 aromatic rings. The first-order chi connectivity index (χ1) is 7.13. The minimum Gasteiger partial charge on any atom is -0.322 e. The molecule has 0 saturated carbocycles. The molecule has 0 aromatic heterocycles. The first-order valence-electron chi connectivity index (χ1n) is 4.79. The van der Waals surface area contributed by atoms with E-state index in [4.69, 9.17) is 11.5 Å². The van der Waals surface area contributed by atoms with Crippen LogP contribution in [0.3, 0.4) is 0 Å². The summed E-state index contributed by atoms with van der Waals surface area (Å²) in [5.41, 5.74) is 12.2. The van der Waals surface area contributed by atoms with Crippen molar-refractivity contribution in [2.75, 3.05) is 0 Å². The van der Waals surface area contributed by atoms with Crippen molar-refractivity contribution in [2.45, 2.75) is 11.6 Å². The van der Waals surface area contributed by atoms with Gasteiger partial charge in [0.1, 0.15) is 5.82 Å². The fraction of sp³-hybridized carbons (Fsp3) is 0.167. The van der Waals surface area contributed by atoms with Gasteiger partial charge in [0.05, 0.1) is 5.54 Å². The molecule has 2 nitrogen and oxygen atoms in total. The van der Waals surface area contributed by atoms with Gasteiger partial charge in [-0.05, 0) is 17.7 Å². The Bertz CT molecular complexity index is 408. The van der Waals surface area contributed by atoms with E-state index in [1.54, 1.807) is 12.1 Å². The molecule has 0 heterocycles. The van der Waals surface area contributed by atoms with Gasteiger partial charge in [-0.3, -0.25) is 0 Å². The summed E-state index contributed by atoms with van der Waals surface area (Å²) in [6, 6.07) is 5.83. The molecule has 15 heavy (non-hydrogen) atoms. The van der Waals surface area contributed by atoms with Crippen molar-refractivity contribution in [3.05, 3.63) is 60.0 Å². The highest BCUT2D eigenvalue weighted by Gasteiger charge is 2.31. The Labute approximate surface area is 88.1 Å². The minimum atomic E-state index is -0.734. The summed E-state index contributed by atoms with van der Waals surface area (Å²) in [7, 11) is 0. The SMILES string of the molecule is NC1C=CC=CC1(N)c1ccc(F)cc1. The second-order valence-corrected chi connectivity index (χ2v) is 3.71. The van der Waals surface area contributed by atoms with Gasteiger partial charge in [-0.1, -0.05) is 36.4 Å². The van der Waals surface area contributed by atoms with Gasteiger partial charge in [0.25, 0.3) is 0 Å². The van der Waals surface area contributed by atoms with E-state index in [9.17, 15) is 4.39 Å². The minimum absolute atomic E-state index is 0.272. The fourth-order valence-corrected chi connectivity index (χ4v) is 1.70. The lowest BCUT2D eigenvalue weighted by Gasteiger charge is -2.33. The van der Waals surface area contributed by atoms with Crippen molar-refractivity contribution in [3.8, 4) is 0 Å². The van der Waals surface area contributed by atoms with E-state index in [-0.39, 0.29) is 11.9 Å². The zero-order valence-corrected chi connectivity index (χ0v) is 8.23. The van der Waals surface area contributed by atoms with Gasteiger partial charge in [-0.25, -0.2) is 4.39 Å². The van der Waals surface area contributed by atoms with E-state index in [2.05, 4.69) is 0 Å². The monoisotopic (exact) mass is 204 g/mol. The number of halogens is 1. The molecule has 1 aromatic carbocycles. The summed E-state index contributed by atoms with van der Waals surface area (Å²) in [5.74, 6) is -0.272. The van der Waals surface area contributed by atoms with Crippen molar-refractivity contribution in [1.29, 1.82) is 0 Å². The van der Waals surface area contributed by atoms with E-state index in [1.807, 2.05) is 24.3 Å². The third-order valence-electron chi connectivity index (χ3n) is 2.70. The molecule has 0 amide bonds. The van der Waals surface area contributed by atoms with E-state index >= 15 is 0 Å². The molecule has 3 heteroatoms. The Morgan fingerprint density at radius 3 is 2.40 bits per heavy atom. The number of nitrogens with two attached hydrogens (primary N) is 2. The van der Waals surface area contributed by atoms with Crippen molar-refractivity contribution in [3.63, 3.8) is 0 Å². The maximum absolute atomic E-state index is 12.8. The second-order valence-electron chi connectivity index (χ2n) is 3.71. The lowest BCUT2D eigenvalue weighted by molar-refractivity contribution is 0.491. The molecule has 1 aliphatic carbocycles. The maximum atomic E-state index is 12.8. The molecule has 0 radical (unpaired) electrons. The molecule has 2 rings (SSSR count). The average Bonchev–Trinajstić information content (AvgIpc) is 2.23. The predicted molar refractivity (Wildman–Crippen MR) is 58.5 cm³/mol. The third kappa shape index (κ3) is 1.71. The predicted octanol–water partition coefficient (Wildman–Crippen LogP) is 1.43. The summed E-state index contributed by atoms with van der Waals surface area (Å²) >= 11 is 0. The lowest BCUT2D eigenvalue weighted by Crippen LogP contribution is -2.50. The van der Waals surface area contributed by atoms with Crippen LogP contribution in [0, 0.1) is 5.82 Å². The van der Waals surface area contributed by atoms with Gasteiger partial charge in [0, 0.05) is 6.04 Å². The molecule has 0 aliphatic heterocycles. The Hall–Kier alpha value is -1.45. The quantitative estimate of drug-likeness (QED) is 0.727. The van der Waals surface area contributed by atoms with Crippen molar-refractivity contribution < 1.29 is 4.39 Å². The topological polar surface area (TPSA) is 52.0 Å². The van der Waals surface area contributed by atoms with Crippen LogP contribution in [0.5, 0.6) is 0 Å². The molecule has 0 saturated heterocycles. The molecular weight excluding hydrogens is 191 g/mol. The van der Waals surface area contributed by atoms with Crippen LogP contribution in [-0.2, 0) is 5.54 Å². The molecule has 4 N–H and O–H groups in total. The number of rotatable bonds is 1. The van der Waals surface area contributed by atoms with Crippen LogP contribution in [0.4, 0.5) is 4.39 Å². The highest BCUT2D eigenvalue weighted by atomic mass is 19.1. The van der Waals surface area contributed by atoms with Crippen LogP contribution >= 0.6 is 0 Å². The molecule has 78 valence electrons. The van der Waals surface area contributed by atoms with Crippen LogP contribution in [0.15, 0.2) is 48.6 Å². The first-order valence-corrected chi connectivity index (χ1v) is 4.79. The number of hydrogen-bond donors (Lipinski definition) is 2. The molecular formula is C12H13FN2. The van der Waals surface area contributed by atoms with E-state index in [1.165, 1.54) is 12.1 Å². The Morgan fingerprint density at radius 2 is 1.80 bits per heavy atom. The summed E-state index contributed by atoms with van der Waals surface area (Å²) in [5, 5.41) is 0. The van der Waals surface area contributed by atoms with Crippen LogP contribution in [-0.4, -0.2) is 6.04 Å². The summed E-state index contributed by atoms with van der Waals surface area (Å²) < 4.78 is 12.8. The molecule has 0 spiro atoms. The van der Waals surface area contributed by atoms with E-state index in [0.29, 0.717) is 0 Å². The smallest absolute Gasteiger partial charge is 0.123 e. The highest BCUT2D eigenvalue weighted by Crippen LogP contribution is 2.26. The Morgan fingerprint density at radius 1 is 1.13 bits per heavy atom. The van der Waals surface area contributed by atoms with E-state index in [0.717, 1.165) is 5.56 Å². The van der Waals surface area contributed by atoms with Crippen molar-refractivity contribution in [2.24, 2.45) is 11.5 Å². The summed E-state index contributed by atoms with van der Waals surface area (Å²) in [6.07, 6.45) is 7.39. The lowest BCUT2D eigenvalue weighted by atomic mass is 9.81. The van der Waals surface area contributed by atoms with Crippen LogP contribution in [0.25, 0.3) is 0 Å². The molecule has 1 aliphatic rings. The van der Waals surface area contributed by atoms with Crippen LogP contribution < -0.4 is 11.5 Å². The van der Waals surface area contributed by atoms with Gasteiger partial charge in [-0.15, -0.1) is 0 Å². The fourth-order valence-electron chi connectivity index (χ4n) is 1.70. The summed E-state index contributed by atoms with van der Waals surface area (Å²) in [6.45, 7) is 0. The standard InChI is InChI=1S/C12H13FN2/c13-10-6-4-9(5-7-10)12(15)8-2-1-3-11(12)14/h1-8,11H,14-15H2. The number of benzene rings is 1. The Balaban J connectivity index is 2.41. The number of allylic oxidation sites excluding steroid dienone is 2. The average molecular weight is 204 g/mol. The molecule has 2 unspecified atom stereocenters. The molecule has 0 fully saturated rings. The normalized spacial score (nSPS) is 29.4. The summed E-state index contributed by atoms with van der Waals surface area (Å²) in [4.78, 5) is 0. The van der Waals surface area contributed by atoms with Crippen LogP contribution in [0.2, 0.25) is 0 Å². The molecule has 0 bridgehead atoms. The number of hydrogen-bond acceptors (Lipinski definition) is 2. The Kier molecular flexibility index (Phi) is 2.42. The van der Waals surface area contributed by atoms with Gasteiger partial charge < -0.3 is 11.5 Å². The maximum Gasteiger partial charge on any atom is 0.123 e. The van der Waals surface area contributed by atoms with Gasteiger partial charge in [-0.2, -0.15) is 0 Å². The van der Waals surface area contributed by atoms with Gasteiger partial charge in [0.2, 0.25) is 0 Å². The zero-order chi connectivity index (χ0) is 10.9. The largest absolute Gasteiger partial charge is 0.322 e. The molecule has 2 atom stereocenters. The van der Waals surface area contributed by atoms with Crippen LogP contribution in [0.1, 0.15) is 5.56 Å². The first kappa shape index (κ1) is 10.1. The second kappa shape index (κ2) is 3.61.